The van der Waals surface area contributed by atoms with Crippen molar-refractivity contribution in [3.63, 3.8) is 0 Å². The van der Waals surface area contributed by atoms with Gasteiger partial charge in [0.25, 0.3) is 0 Å². The van der Waals surface area contributed by atoms with Gasteiger partial charge >= 0.3 is 11.9 Å². The van der Waals surface area contributed by atoms with Crippen molar-refractivity contribution in [2.24, 2.45) is 5.92 Å². The molecule has 0 bridgehead atoms. The predicted molar refractivity (Wildman–Crippen MR) is 90.5 cm³/mol. The lowest BCUT2D eigenvalue weighted by atomic mass is 9.95. The van der Waals surface area contributed by atoms with Gasteiger partial charge in [-0.2, -0.15) is 0 Å². The molecule has 0 aromatic heterocycles. The lowest BCUT2D eigenvalue weighted by Crippen LogP contribution is -2.31. The Hall–Kier alpha value is -2.66. The van der Waals surface area contributed by atoms with Crippen LogP contribution >= 0.6 is 0 Å². The van der Waals surface area contributed by atoms with E-state index in [0.29, 0.717) is 5.56 Å². The average Bonchev–Trinajstić information content (AvgIpc) is 2.92. The van der Waals surface area contributed by atoms with E-state index in [-0.39, 0.29) is 5.92 Å². The molecule has 1 heterocycles. The summed E-state index contributed by atoms with van der Waals surface area (Å²) in [6, 6.07) is 18.5. The minimum Gasteiger partial charge on any atom is -0.454 e. The molecule has 1 fully saturated rings. The first kappa shape index (κ1) is 17.2. The van der Waals surface area contributed by atoms with Crippen LogP contribution in [0.4, 0.5) is 0 Å². The number of ether oxygens (including phenoxy) is 3. The number of carbonyl (C=O) groups is 2. The van der Waals surface area contributed by atoms with Crippen LogP contribution in [0.2, 0.25) is 0 Å². The van der Waals surface area contributed by atoms with Crippen molar-refractivity contribution in [3.05, 3.63) is 71.8 Å². The SMILES string of the molecule is CO[C@H](C(=O)O[C@H]1C(=O)O[C@@H](c2ccccc2)[C@H]1C)c1ccccc1. The Labute approximate surface area is 146 Å². The zero-order chi connectivity index (χ0) is 17.8. The normalized spacial score (nSPS) is 23.8. The smallest absolute Gasteiger partial charge is 0.348 e. The third kappa shape index (κ3) is 3.56. The molecule has 0 N–H and O–H groups in total. The molecule has 3 rings (SSSR count). The van der Waals surface area contributed by atoms with E-state index in [9.17, 15) is 9.59 Å². The number of benzene rings is 2. The quantitative estimate of drug-likeness (QED) is 0.782. The Bertz CT molecular complexity index is 728. The number of carbonyl (C=O) groups excluding carboxylic acids is 2. The zero-order valence-corrected chi connectivity index (χ0v) is 14.1. The Kier molecular flexibility index (Phi) is 5.14. The Morgan fingerprint density at radius 2 is 1.64 bits per heavy atom. The van der Waals surface area contributed by atoms with Crippen molar-refractivity contribution in [1.82, 2.24) is 0 Å². The van der Waals surface area contributed by atoms with Crippen LogP contribution in [-0.4, -0.2) is 25.2 Å². The van der Waals surface area contributed by atoms with Crippen LogP contribution in [0.25, 0.3) is 0 Å². The minimum atomic E-state index is -0.945. The molecule has 25 heavy (non-hydrogen) atoms. The molecule has 2 aromatic rings. The van der Waals surface area contributed by atoms with E-state index in [0.717, 1.165) is 5.56 Å². The van der Waals surface area contributed by atoms with E-state index in [1.807, 2.05) is 55.5 Å². The van der Waals surface area contributed by atoms with E-state index in [1.54, 1.807) is 12.1 Å². The summed E-state index contributed by atoms with van der Waals surface area (Å²) >= 11 is 0. The second-order valence-corrected chi connectivity index (χ2v) is 6.01. The van der Waals surface area contributed by atoms with Crippen molar-refractivity contribution in [2.45, 2.75) is 25.2 Å². The summed E-state index contributed by atoms with van der Waals surface area (Å²) in [7, 11) is 1.43. The lowest BCUT2D eigenvalue weighted by Gasteiger charge is -2.20. The van der Waals surface area contributed by atoms with Crippen LogP contribution in [0.15, 0.2) is 60.7 Å². The molecular formula is C20H20O5. The third-order valence-electron chi connectivity index (χ3n) is 4.35. The van der Waals surface area contributed by atoms with Crippen LogP contribution in [0.1, 0.15) is 30.3 Å². The molecule has 130 valence electrons. The predicted octanol–water partition coefficient (Wildman–Crippen LogP) is 3.22. The van der Waals surface area contributed by atoms with E-state index in [1.165, 1.54) is 7.11 Å². The van der Waals surface area contributed by atoms with Crippen LogP contribution in [-0.2, 0) is 23.8 Å². The van der Waals surface area contributed by atoms with Gasteiger partial charge in [0.1, 0.15) is 6.10 Å². The maximum Gasteiger partial charge on any atom is 0.348 e. The maximum atomic E-state index is 12.5. The molecule has 1 aliphatic rings. The van der Waals surface area contributed by atoms with Gasteiger partial charge in [-0.3, -0.25) is 0 Å². The largest absolute Gasteiger partial charge is 0.454 e. The highest BCUT2D eigenvalue weighted by Crippen LogP contribution is 2.37. The molecule has 0 saturated carbocycles. The molecule has 4 atom stereocenters. The topological polar surface area (TPSA) is 61.8 Å². The molecule has 0 unspecified atom stereocenters. The van der Waals surface area contributed by atoms with Crippen molar-refractivity contribution in [3.8, 4) is 0 Å². The van der Waals surface area contributed by atoms with Gasteiger partial charge in [-0.1, -0.05) is 67.6 Å². The Balaban J connectivity index is 1.73. The van der Waals surface area contributed by atoms with E-state index in [4.69, 9.17) is 14.2 Å². The number of hydrogen-bond donors (Lipinski definition) is 0. The van der Waals surface area contributed by atoms with Crippen molar-refractivity contribution in [1.29, 1.82) is 0 Å². The van der Waals surface area contributed by atoms with Gasteiger partial charge in [0, 0.05) is 13.0 Å². The highest BCUT2D eigenvalue weighted by Gasteiger charge is 2.46. The molecule has 0 aliphatic carbocycles. The maximum absolute atomic E-state index is 12.5. The number of cyclic esters (lactones) is 1. The molecule has 0 radical (unpaired) electrons. The number of hydrogen-bond acceptors (Lipinski definition) is 5. The van der Waals surface area contributed by atoms with Crippen LogP contribution in [0.5, 0.6) is 0 Å². The third-order valence-corrected chi connectivity index (χ3v) is 4.35. The molecule has 0 spiro atoms. The van der Waals surface area contributed by atoms with Crippen molar-refractivity contribution < 1.29 is 23.8 Å². The molecule has 1 saturated heterocycles. The second-order valence-electron chi connectivity index (χ2n) is 6.01. The van der Waals surface area contributed by atoms with Gasteiger partial charge in [-0.15, -0.1) is 0 Å². The molecule has 5 heteroatoms. The highest BCUT2D eigenvalue weighted by atomic mass is 16.6. The fourth-order valence-corrected chi connectivity index (χ4v) is 3.03. The van der Waals surface area contributed by atoms with Crippen molar-refractivity contribution >= 4 is 11.9 Å². The average molecular weight is 340 g/mol. The first-order valence-electron chi connectivity index (χ1n) is 8.15. The second kappa shape index (κ2) is 7.49. The van der Waals surface area contributed by atoms with Crippen LogP contribution < -0.4 is 0 Å². The van der Waals surface area contributed by atoms with Gasteiger partial charge in [0.2, 0.25) is 6.10 Å². The number of esters is 2. The van der Waals surface area contributed by atoms with Gasteiger partial charge in [0.05, 0.1) is 0 Å². The molecule has 0 amide bonds. The summed E-state index contributed by atoms with van der Waals surface area (Å²) in [5.74, 6) is -1.42. The van der Waals surface area contributed by atoms with Crippen LogP contribution in [0.3, 0.4) is 0 Å². The van der Waals surface area contributed by atoms with E-state index < -0.39 is 30.3 Å². The first-order valence-corrected chi connectivity index (χ1v) is 8.15. The monoisotopic (exact) mass is 340 g/mol. The molecule has 5 nitrogen and oxygen atoms in total. The van der Waals surface area contributed by atoms with Gasteiger partial charge in [-0.25, -0.2) is 9.59 Å². The van der Waals surface area contributed by atoms with E-state index in [2.05, 4.69) is 0 Å². The Morgan fingerprint density at radius 1 is 1.04 bits per heavy atom. The number of methoxy groups -OCH3 is 1. The standard InChI is InChI=1S/C20H20O5/c1-13-16(14-9-5-3-6-10-14)24-19(21)17(13)25-20(22)18(23-2)15-11-7-4-8-12-15/h3-13,16-18H,1-2H3/t13-,16-,17-,18+/m1/s1. The Morgan fingerprint density at radius 3 is 2.24 bits per heavy atom. The summed E-state index contributed by atoms with van der Waals surface area (Å²) in [5.41, 5.74) is 1.56. The van der Waals surface area contributed by atoms with Crippen LogP contribution in [0, 0.1) is 5.92 Å². The van der Waals surface area contributed by atoms with Crippen molar-refractivity contribution in [2.75, 3.05) is 7.11 Å². The van der Waals surface area contributed by atoms with Gasteiger partial charge < -0.3 is 14.2 Å². The fourth-order valence-electron chi connectivity index (χ4n) is 3.03. The fraction of sp³-hybridized carbons (Fsp3) is 0.300. The highest BCUT2D eigenvalue weighted by molar-refractivity contribution is 5.83. The summed E-state index contributed by atoms with van der Waals surface area (Å²) < 4.78 is 16.2. The lowest BCUT2D eigenvalue weighted by molar-refractivity contribution is -0.169. The van der Waals surface area contributed by atoms with Gasteiger partial charge in [0.15, 0.2) is 6.10 Å². The molecule has 2 aromatic carbocycles. The summed E-state index contributed by atoms with van der Waals surface area (Å²) in [5, 5.41) is 0. The zero-order valence-electron chi connectivity index (χ0n) is 14.1. The molecule has 1 aliphatic heterocycles. The minimum absolute atomic E-state index is 0.285. The van der Waals surface area contributed by atoms with Gasteiger partial charge in [-0.05, 0) is 11.1 Å². The first-order chi connectivity index (χ1) is 12.1. The summed E-state index contributed by atoms with van der Waals surface area (Å²) in [4.78, 5) is 24.7. The number of rotatable bonds is 5. The van der Waals surface area contributed by atoms with E-state index >= 15 is 0 Å². The summed E-state index contributed by atoms with van der Waals surface area (Å²) in [6.45, 7) is 1.84. The summed E-state index contributed by atoms with van der Waals surface area (Å²) in [6.07, 6.45) is -2.25. The molecular weight excluding hydrogens is 320 g/mol.